The number of nitrogens with zero attached hydrogens (tertiary/aromatic N) is 5. The van der Waals surface area contributed by atoms with Crippen LogP contribution in [0.1, 0.15) is 12.5 Å². The number of halogens is 2. The van der Waals surface area contributed by atoms with Gasteiger partial charge in [0.25, 0.3) is 12.1 Å². The summed E-state index contributed by atoms with van der Waals surface area (Å²) in [6, 6.07) is 2.93. The number of aromatic nitrogens is 6. The topological polar surface area (TPSA) is 219 Å². The molecule has 4 aromatic heterocycles. The largest absolute Gasteiger partial charge is 0.394 e. The van der Waals surface area contributed by atoms with Crippen LogP contribution in [0.4, 0.5) is 20.4 Å². The number of thiol groups is 1. The lowest BCUT2D eigenvalue weighted by Crippen LogP contribution is -2.33. The van der Waals surface area contributed by atoms with Crippen molar-refractivity contribution in [2.45, 2.75) is 48.8 Å². The minimum Gasteiger partial charge on any atom is -0.394 e. The number of aliphatic hydroxyl groups is 2. The highest BCUT2D eigenvalue weighted by molar-refractivity contribution is 8.46. The van der Waals surface area contributed by atoms with Gasteiger partial charge in [0, 0.05) is 12.3 Å². The van der Waals surface area contributed by atoms with Gasteiger partial charge in [0.05, 0.1) is 30.4 Å². The molecule has 2 saturated heterocycles. The van der Waals surface area contributed by atoms with Crippen LogP contribution in [0.3, 0.4) is 0 Å². The van der Waals surface area contributed by atoms with Gasteiger partial charge in [-0.1, -0.05) is 12.2 Å². The van der Waals surface area contributed by atoms with Gasteiger partial charge in [-0.25, -0.2) is 23.7 Å². The smallest absolute Gasteiger partial charge is 0.277 e. The number of nitrogens with two attached hydrogens (primary N) is 2. The van der Waals surface area contributed by atoms with Gasteiger partial charge in [-0.3, -0.25) is 9.36 Å². The fourth-order valence-corrected chi connectivity index (χ4v) is 7.76. The van der Waals surface area contributed by atoms with Crippen molar-refractivity contribution in [2.24, 2.45) is 0 Å². The molecule has 0 radical (unpaired) electrons. The second-order valence-electron chi connectivity index (χ2n) is 9.70. The van der Waals surface area contributed by atoms with E-state index in [0.717, 1.165) is 0 Å². The Hall–Kier alpha value is -3.12. The van der Waals surface area contributed by atoms with Gasteiger partial charge in [0.1, 0.15) is 53.8 Å². The van der Waals surface area contributed by atoms with Gasteiger partial charge in [-0.05, 0) is 6.07 Å². The third kappa shape index (κ3) is 4.59. The van der Waals surface area contributed by atoms with E-state index in [9.17, 15) is 19.6 Å². The molecule has 9 atom stereocenters. The minimum absolute atomic E-state index is 0.00747. The maximum atomic E-state index is 15.5. The van der Waals surface area contributed by atoms with Crippen molar-refractivity contribution in [3.8, 4) is 0 Å². The number of anilines is 2. The molecule has 2 fully saturated rings. The lowest BCUT2D eigenvalue weighted by molar-refractivity contribution is -0.0414. The first-order valence-electron chi connectivity index (χ1n) is 12.3. The number of aliphatic hydroxyl groups excluding tert-OH is 2. The van der Waals surface area contributed by atoms with E-state index in [1.54, 1.807) is 6.07 Å². The molecule has 6 heterocycles. The van der Waals surface area contributed by atoms with Crippen molar-refractivity contribution >= 4 is 52.5 Å². The van der Waals surface area contributed by atoms with Crippen LogP contribution in [0.25, 0.3) is 22.1 Å². The van der Waals surface area contributed by atoms with Crippen LogP contribution in [0.2, 0.25) is 0 Å². The van der Waals surface area contributed by atoms with Gasteiger partial charge < -0.3 is 49.8 Å². The van der Waals surface area contributed by atoms with Gasteiger partial charge in [0.2, 0.25) is 0 Å². The molecule has 41 heavy (non-hydrogen) atoms. The van der Waals surface area contributed by atoms with E-state index >= 15 is 8.78 Å². The Balaban J connectivity index is 1.25. The Bertz CT molecular complexity index is 1720. The summed E-state index contributed by atoms with van der Waals surface area (Å²) in [5, 5.41) is 20.7. The zero-order valence-electron chi connectivity index (χ0n) is 20.9. The van der Waals surface area contributed by atoms with E-state index in [2.05, 4.69) is 32.2 Å². The molecule has 2 aliphatic heterocycles. The molecule has 0 aliphatic carbocycles. The predicted octanol–water partition coefficient (Wildman–Crippen LogP) is 0.666. The normalized spacial score (nSPS) is 31.7. The van der Waals surface area contributed by atoms with Crippen LogP contribution < -0.4 is 17.0 Å². The second-order valence-corrected chi connectivity index (χ2v) is 13.4. The van der Waals surface area contributed by atoms with Gasteiger partial charge in [-0.2, -0.15) is 0 Å². The van der Waals surface area contributed by atoms with Crippen LogP contribution in [0.5, 0.6) is 0 Å². The molecule has 19 heteroatoms. The van der Waals surface area contributed by atoms with Crippen molar-refractivity contribution in [1.82, 2.24) is 29.1 Å². The first kappa shape index (κ1) is 28.0. The molecule has 2 aliphatic rings. The monoisotopic (exact) mass is 614 g/mol. The van der Waals surface area contributed by atoms with Crippen molar-refractivity contribution < 1.29 is 37.6 Å². The minimum atomic E-state index is -4.31. The lowest BCUT2D eigenvalue weighted by Gasteiger charge is -2.27. The van der Waals surface area contributed by atoms with E-state index in [4.69, 9.17) is 25.5 Å². The summed E-state index contributed by atoms with van der Waals surface area (Å²) in [7, 11) is 0. The number of hydrogen-bond donors (Lipinski definition) is 6. The van der Waals surface area contributed by atoms with E-state index in [1.807, 2.05) is 0 Å². The summed E-state index contributed by atoms with van der Waals surface area (Å²) in [5.41, 5.74) is 9.76. The van der Waals surface area contributed by atoms with Crippen LogP contribution >= 0.6 is 18.8 Å². The molecule has 0 aromatic carbocycles. The molecule has 6 rings (SSSR count). The Morgan fingerprint density at radius 3 is 2.66 bits per heavy atom. The number of rotatable bonds is 7. The number of nitrogen functional groups attached to an aromatic ring is 2. The molecule has 0 amide bonds. The molecule has 7 N–H and O–H groups in total. The number of pyridine rings is 1. The fourth-order valence-electron chi connectivity index (χ4n) is 5.22. The molecular weight excluding hydrogens is 589 g/mol. The summed E-state index contributed by atoms with van der Waals surface area (Å²) in [6.07, 6.45) is -7.28. The first-order chi connectivity index (χ1) is 19.5. The Morgan fingerprint density at radius 2 is 1.90 bits per heavy atom. The third-order valence-corrected chi connectivity index (χ3v) is 10.2. The Kier molecular flexibility index (Phi) is 7.04. The zero-order valence-corrected chi connectivity index (χ0v) is 22.7. The molecular formula is C22H25F2N8O7PS. The summed E-state index contributed by atoms with van der Waals surface area (Å²) in [6.45, 7) is -5.70. The van der Waals surface area contributed by atoms with Gasteiger partial charge >= 0.3 is 0 Å². The van der Waals surface area contributed by atoms with Crippen LogP contribution in [-0.2, 0) is 18.6 Å². The number of aromatic amines is 1. The number of fused-ring (bicyclic) bond motifs is 2. The Morgan fingerprint density at radius 1 is 1.15 bits per heavy atom. The summed E-state index contributed by atoms with van der Waals surface area (Å²) < 4.78 is 64.0. The zero-order chi connectivity index (χ0) is 29.2. The Labute approximate surface area is 234 Å². The highest BCUT2D eigenvalue weighted by Crippen LogP contribution is 2.64. The number of hydrogen-bond acceptors (Lipinski definition) is 12. The van der Waals surface area contributed by atoms with Crippen LogP contribution in [0, 0.1) is 0 Å². The van der Waals surface area contributed by atoms with Crippen LogP contribution in [-0.4, -0.2) is 88.8 Å². The van der Waals surface area contributed by atoms with Gasteiger partial charge in [-0.15, -0.1) is 0 Å². The molecule has 0 bridgehead atoms. The van der Waals surface area contributed by atoms with Crippen LogP contribution in [0.15, 0.2) is 35.8 Å². The van der Waals surface area contributed by atoms with Crippen molar-refractivity contribution in [3.63, 3.8) is 0 Å². The standard InChI is InChI=1S/C22H25F2N8O7PS/c23-13-10(4-33)38-22(32-7-29-15-9(32)3-12(25)30-20(15)35)17(13)40(36,41)37-5-11-16(34)14(24)21(39-11)31-2-1-8-18(26)27-6-28-19(8)31/h1-3,6-7,10-11,13-14,16-17,21-22,33-34H,4-5H2,(H,36,41)(H3,25,30,35)(H2,26,27,28)/t10-,11-,13-,14+,16-,17-,21-,22-,40?/m1/s1. The van der Waals surface area contributed by atoms with Crippen molar-refractivity contribution in [2.75, 3.05) is 24.7 Å². The van der Waals surface area contributed by atoms with E-state index in [1.165, 1.54) is 34.1 Å². The number of nitrogens with one attached hydrogen (secondary N) is 1. The highest BCUT2D eigenvalue weighted by atomic mass is 32.7. The summed E-state index contributed by atoms with van der Waals surface area (Å²) in [5.74, 6) is 0.166. The SMILES string of the molecule is Nc1cc2c(ncn2[C@@H]2O[C@H](CO)[C@@H](F)[C@H]2P(=O)(S)OC[C@H]2O[C@@H](n3ccc4c(N)ncnc43)[C@@H](F)[C@@H]2O)c(=O)[nH]1. The number of imidazole rings is 1. The number of H-pyrrole nitrogens is 1. The average Bonchev–Trinajstić information content (AvgIpc) is 3.68. The molecule has 4 aromatic rings. The summed E-state index contributed by atoms with van der Waals surface area (Å²) >= 11 is 4.15. The average molecular weight is 615 g/mol. The maximum absolute atomic E-state index is 15.5. The fraction of sp³-hybridized carbons (Fsp3) is 0.455. The van der Waals surface area contributed by atoms with E-state index in [0.29, 0.717) is 5.39 Å². The summed E-state index contributed by atoms with van der Waals surface area (Å²) in [4.78, 5) is 26.6. The highest BCUT2D eigenvalue weighted by Gasteiger charge is 2.55. The lowest BCUT2D eigenvalue weighted by atomic mass is 10.1. The second kappa shape index (κ2) is 10.3. The molecule has 15 nitrogen and oxygen atoms in total. The van der Waals surface area contributed by atoms with Crippen molar-refractivity contribution in [3.05, 3.63) is 41.3 Å². The molecule has 1 unspecified atom stereocenters. The predicted molar refractivity (Wildman–Crippen MR) is 144 cm³/mol. The molecule has 0 saturated carbocycles. The van der Waals surface area contributed by atoms with E-state index in [-0.39, 0.29) is 28.3 Å². The quantitative estimate of drug-likeness (QED) is 0.125. The third-order valence-electron chi connectivity index (χ3n) is 7.25. The molecule has 0 spiro atoms. The number of ether oxygens (including phenoxy) is 2. The van der Waals surface area contributed by atoms with E-state index < -0.39 is 74.1 Å². The first-order valence-corrected chi connectivity index (χ1v) is 15.1. The van der Waals surface area contributed by atoms with Crippen molar-refractivity contribution in [1.29, 1.82) is 0 Å². The van der Waals surface area contributed by atoms with Gasteiger partial charge in [0.15, 0.2) is 24.1 Å². The number of alkyl halides is 2. The molecule has 220 valence electrons. The maximum Gasteiger partial charge on any atom is 0.277 e.